The zero-order valence-electron chi connectivity index (χ0n) is 10.00. The molecular formula is C12H17FN2OS. The van der Waals surface area contributed by atoms with Gasteiger partial charge in [0.2, 0.25) is 0 Å². The van der Waals surface area contributed by atoms with Crippen LogP contribution in [0.15, 0.2) is 18.2 Å². The molecule has 0 radical (unpaired) electrons. The highest BCUT2D eigenvalue weighted by molar-refractivity contribution is 7.80. The smallest absolute Gasteiger partial charge is 0.135 e. The van der Waals surface area contributed by atoms with Crippen LogP contribution in [-0.4, -0.2) is 24.7 Å². The minimum Gasteiger partial charge on any atom is -0.389 e. The Kier molecular flexibility index (Phi) is 5.31. The Morgan fingerprint density at radius 2 is 2.29 bits per heavy atom. The molecule has 0 spiro atoms. The highest BCUT2D eigenvalue weighted by Gasteiger charge is 2.09. The predicted octanol–water partition coefficient (Wildman–Crippen LogP) is 2.30. The summed E-state index contributed by atoms with van der Waals surface area (Å²) in [7, 11) is 1.64. The van der Waals surface area contributed by atoms with Crippen molar-refractivity contribution in [3.05, 3.63) is 29.6 Å². The van der Waals surface area contributed by atoms with Crippen LogP contribution < -0.4 is 11.1 Å². The van der Waals surface area contributed by atoms with Gasteiger partial charge in [0.15, 0.2) is 0 Å². The zero-order valence-corrected chi connectivity index (χ0v) is 10.8. The van der Waals surface area contributed by atoms with Crippen LogP contribution in [0.4, 0.5) is 10.1 Å². The van der Waals surface area contributed by atoms with Gasteiger partial charge in [-0.05, 0) is 24.6 Å². The van der Waals surface area contributed by atoms with Gasteiger partial charge in [0.05, 0.1) is 6.61 Å². The summed E-state index contributed by atoms with van der Waals surface area (Å²) in [5.41, 5.74) is 6.36. The lowest BCUT2D eigenvalue weighted by atomic mass is 10.1. The fourth-order valence-electron chi connectivity index (χ4n) is 1.50. The van der Waals surface area contributed by atoms with Crippen LogP contribution in [0.2, 0.25) is 0 Å². The summed E-state index contributed by atoms with van der Waals surface area (Å²) < 4.78 is 18.7. The third kappa shape index (κ3) is 3.94. The van der Waals surface area contributed by atoms with Crippen LogP contribution in [0.5, 0.6) is 0 Å². The number of ether oxygens (including phenoxy) is 1. The fraction of sp³-hybridized carbons (Fsp3) is 0.417. The van der Waals surface area contributed by atoms with Crippen molar-refractivity contribution >= 4 is 22.9 Å². The van der Waals surface area contributed by atoms with Crippen molar-refractivity contribution in [2.75, 3.05) is 19.0 Å². The van der Waals surface area contributed by atoms with E-state index in [-0.39, 0.29) is 16.6 Å². The number of halogens is 1. The Balaban J connectivity index is 2.79. The molecule has 0 saturated carbocycles. The fourth-order valence-corrected chi connectivity index (χ4v) is 1.67. The second-order valence-electron chi connectivity index (χ2n) is 3.76. The van der Waals surface area contributed by atoms with Crippen molar-refractivity contribution < 1.29 is 9.13 Å². The van der Waals surface area contributed by atoms with E-state index in [1.54, 1.807) is 19.2 Å². The molecule has 0 heterocycles. The zero-order chi connectivity index (χ0) is 12.8. The first-order valence-electron chi connectivity index (χ1n) is 5.43. The number of hydrogen-bond acceptors (Lipinski definition) is 3. The quantitative estimate of drug-likeness (QED) is 0.767. The van der Waals surface area contributed by atoms with E-state index in [0.717, 1.165) is 6.42 Å². The average Bonchev–Trinajstić information content (AvgIpc) is 2.28. The molecule has 94 valence electrons. The van der Waals surface area contributed by atoms with Crippen LogP contribution in [0.3, 0.4) is 0 Å². The van der Waals surface area contributed by atoms with E-state index in [9.17, 15) is 4.39 Å². The molecule has 0 saturated heterocycles. The average molecular weight is 256 g/mol. The molecule has 3 nitrogen and oxygen atoms in total. The molecule has 0 aliphatic rings. The third-order valence-corrected chi connectivity index (χ3v) is 2.69. The standard InChI is InChI=1S/C12H17FN2OS/c1-3-8(7-16-2)15-9-4-5-10(12(14)17)11(13)6-9/h4-6,8,15H,3,7H2,1-2H3,(H2,14,17). The molecule has 1 rings (SSSR count). The van der Waals surface area contributed by atoms with E-state index in [1.165, 1.54) is 6.07 Å². The van der Waals surface area contributed by atoms with Gasteiger partial charge in [0.1, 0.15) is 10.8 Å². The summed E-state index contributed by atoms with van der Waals surface area (Å²) in [6.07, 6.45) is 0.895. The van der Waals surface area contributed by atoms with E-state index in [0.29, 0.717) is 12.3 Å². The molecule has 0 aliphatic carbocycles. The van der Waals surface area contributed by atoms with Crippen molar-refractivity contribution in [2.24, 2.45) is 5.73 Å². The summed E-state index contributed by atoms with van der Waals surface area (Å²) in [5, 5.41) is 3.19. The summed E-state index contributed by atoms with van der Waals surface area (Å²) in [5.74, 6) is -0.408. The summed E-state index contributed by atoms with van der Waals surface area (Å²) in [6.45, 7) is 2.62. The van der Waals surface area contributed by atoms with E-state index in [1.807, 2.05) is 6.92 Å². The minimum absolute atomic E-state index is 0.0676. The molecule has 0 bridgehead atoms. The Labute approximate surface area is 106 Å². The van der Waals surface area contributed by atoms with Crippen LogP contribution in [0.1, 0.15) is 18.9 Å². The number of hydrogen-bond donors (Lipinski definition) is 2. The number of nitrogens with one attached hydrogen (secondary N) is 1. The van der Waals surface area contributed by atoms with Crippen molar-refractivity contribution in [2.45, 2.75) is 19.4 Å². The number of methoxy groups -OCH3 is 1. The predicted molar refractivity (Wildman–Crippen MR) is 71.9 cm³/mol. The monoisotopic (exact) mass is 256 g/mol. The molecule has 5 heteroatoms. The first kappa shape index (κ1) is 13.9. The molecule has 3 N–H and O–H groups in total. The third-order valence-electron chi connectivity index (χ3n) is 2.47. The lowest BCUT2D eigenvalue weighted by Gasteiger charge is -2.17. The van der Waals surface area contributed by atoms with Gasteiger partial charge in [-0.15, -0.1) is 0 Å². The van der Waals surface area contributed by atoms with Crippen LogP contribution in [-0.2, 0) is 4.74 Å². The SMILES string of the molecule is CCC(COC)Nc1ccc(C(N)=S)c(F)c1. The number of rotatable bonds is 6. The van der Waals surface area contributed by atoms with Gasteiger partial charge in [-0.2, -0.15) is 0 Å². The van der Waals surface area contributed by atoms with Crippen molar-refractivity contribution in [3.63, 3.8) is 0 Å². The Bertz CT molecular complexity index is 398. The highest BCUT2D eigenvalue weighted by atomic mass is 32.1. The second kappa shape index (κ2) is 6.51. The Morgan fingerprint density at radius 1 is 1.59 bits per heavy atom. The minimum atomic E-state index is -0.408. The maximum Gasteiger partial charge on any atom is 0.135 e. The molecule has 17 heavy (non-hydrogen) atoms. The largest absolute Gasteiger partial charge is 0.389 e. The number of benzene rings is 1. The van der Waals surface area contributed by atoms with Crippen LogP contribution in [0, 0.1) is 5.82 Å². The number of nitrogens with two attached hydrogens (primary N) is 1. The molecule has 0 aromatic heterocycles. The van der Waals surface area contributed by atoms with E-state index < -0.39 is 5.82 Å². The lowest BCUT2D eigenvalue weighted by Crippen LogP contribution is -2.24. The van der Waals surface area contributed by atoms with Gasteiger partial charge < -0.3 is 15.8 Å². The van der Waals surface area contributed by atoms with Gasteiger partial charge in [-0.3, -0.25) is 0 Å². The topological polar surface area (TPSA) is 47.3 Å². The highest BCUT2D eigenvalue weighted by Crippen LogP contribution is 2.16. The number of thiocarbonyl (C=S) groups is 1. The molecule has 1 atom stereocenters. The van der Waals surface area contributed by atoms with Crippen molar-refractivity contribution in [3.8, 4) is 0 Å². The van der Waals surface area contributed by atoms with E-state index >= 15 is 0 Å². The van der Waals surface area contributed by atoms with Crippen molar-refractivity contribution in [1.82, 2.24) is 0 Å². The van der Waals surface area contributed by atoms with Crippen LogP contribution >= 0.6 is 12.2 Å². The molecule has 1 aromatic carbocycles. The van der Waals surface area contributed by atoms with Gasteiger partial charge in [0.25, 0.3) is 0 Å². The molecule has 0 fully saturated rings. The molecular weight excluding hydrogens is 239 g/mol. The van der Waals surface area contributed by atoms with Gasteiger partial charge in [-0.1, -0.05) is 19.1 Å². The van der Waals surface area contributed by atoms with E-state index in [2.05, 4.69) is 5.32 Å². The number of anilines is 1. The first-order valence-corrected chi connectivity index (χ1v) is 5.84. The van der Waals surface area contributed by atoms with Gasteiger partial charge >= 0.3 is 0 Å². The Hall–Kier alpha value is -1.20. The summed E-state index contributed by atoms with van der Waals surface area (Å²) in [6, 6.07) is 4.90. The molecule has 0 aliphatic heterocycles. The first-order chi connectivity index (χ1) is 8.08. The lowest BCUT2D eigenvalue weighted by molar-refractivity contribution is 0.184. The normalized spacial score (nSPS) is 12.2. The maximum absolute atomic E-state index is 13.6. The molecule has 0 amide bonds. The van der Waals surface area contributed by atoms with Crippen LogP contribution in [0.25, 0.3) is 0 Å². The summed E-state index contributed by atoms with van der Waals surface area (Å²) >= 11 is 4.74. The maximum atomic E-state index is 13.6. The molecule has 1 unspecified atom stereocenters. The Morgan fingerprint density at radius 3 is 2.76 bits per heavy atom. The summed E-state index contributed by atoms with van der Waals surface area (Å²) in [4.78, 5) is 0.0676. The second-order valence-corrected chi connectivity index (χ2v) is 4.20. The molecule has 1 aromatic rings. The van der Waals surface area contributed by atoms with Gasteiger partial charge in [-0.25, -0.2) is 4.39 Å². The van der Waals surface area contributed by atoms with Gasteiger partial charge in [0, 0.05) is 24.4 Å². The van der Waals surface area contributed by atoms with Crippen molar-refractivity contribution in [1.29, 1.82) is 0 Å². The van der Waals surface area contributed by atoms with E-state index in [4.69, 9.17) is 22.7 Å².